The van der Waals surface area contributed by atoms with E-state index < -0.39 is 0 Å². The second kappa shape index (κ2) is 7.12. The van der Waals surface area contributed by atoms with Crippen molar-refractivity contribution >= 4 is 33.4 Å². The van der Waals surface area contributed by atoms with Crippen molar-refractivity contribution in [2.24, 2.45) is 0 Å². The van der Waals surface area contributed by atoms with E-state index in [2.05, 4.69) is 15.9 Å². The van der Waals surface area contributed by atoms with Crippen LogP contribution in [0.1, 0.15) is 15.9 Å². The summed E-state index contributed by atoms with van der Waals surface area (Å²) in [5.41, 5.74) is 1.75. The van der Waals surface area contributed by atoms with Gasteiger partial charge < -0.3 is 9.64 Å². The van der Waals surface area contributed by atoms with Crippen LogP contribution in [0.4, 0.5) is 0 Å². The summed E-state index contributed by atoms with van der Waals surface area (Å²) in [7, 11) is 3.33. The lowest BCUT2D eigenvalue weighted by Crippen LogP contribution is -2.33. The van der Waals surface area contributed by atoms with Crippen molar-refractivity contribution in [3.63, 3.8) is 0 Å². The SMILES string of the molecule is COCC(Cl)CN(C)C(=O)c1ccc(C)c(Br)c1. The Labute approximate surface area is 121 Å². The lowest BCUT2D eigenvalue weighted by atomic mass is 10.1. The molecule has 0 saturated heterocycles. The molecule has 1 aromatic rings. The molecule has 1 atom stereocenters. The number of hydrogen-bond acceptors (Lipinski definition) is 2. The third-order valence-electron chi connectivity index (χ3n) is 2.58. The third kappa shape index (κ3) is 4.26. The number of methoxy groups -OCH3 is 1. The molecule has 1 rings (SSSR count). The molecule has 0 bridgehead atoms. The van der Waals surface area contributed by atoms with Crippen LogP contribution in [-0.4, -0.2) is 43.5 Å². The smallest absolute Gasteiger partial charge is 0.253 e. The maximum Gasteiger partial charge on any atom is 0.253 e. The number of alkyl halides is 1. The highest BCUT2D eigenvalue weighted by atomic mass is 79.9. The summed E-state index contributed by atoms with van der Waals surface area (Å²) >= 11 is 9.46. The Morgan fingerprint density at radius 2 is 2.22 bits per heavy atom. The van der Waals surface area contributed by atoms with E-state index in [1.807, 2.05) is 25.1 Å². The first kappa shape index (κ1) is 15.5. The van der Waals surface area contributed by atoms with Crippen molar-refractivity contribution in [2.45, 2.75) is 12.3 Å². The minimum atomic E-state index is -0.196. The summed E-state index contributed by atoms with van der Waals surface area (Å²) in [6.45, 7) is 2.87. The fraction of sp³-hybridized carbons (Fsp3) is 0.462. The van der Waals surface area contributed by atoms with Crippen LogP contribution in [0.25, 0.3) is 0 Å². The molecule has 0 aliphatic rings. The Morgan fingerprint density at radius 1 is 1.56 bits per heavy atom. The largest absolute Gasteiger partial charge is 0.383 e. The van der Waals surface area contributed by atoms with Crippen molar-refractivity contribution < 1.29 is 9.53 Å². The summed E-state index contributed by atoms with van der Waals surface area (Å²) in [5, 5.41) is -0.196. The van der Waals surface area contributed by atoms with Crippen LogP contribution >= 0.6 is 27.5 Å². The van der Waals surface area contributed by atoms with Gasteiger partial charge >= 0.3 is 0 Å². The molecule has 5 heteroatoms. The average molecular weight is 335 g/mol. The van der Waals surface area contributed by atoms with Crippen LogP contribution in [0.5, 0.6) is 0 Å². The number of carbonyl (C=O) groups is 1. The van der Waals surface area contributed by atoms with Crippen molar-refractivity contribution in [1.29, 1.82) is 0 Å². The van der Waals surface area contributed by atoms with Gasteiger partial charge in [-0.15, -0.1) is 11.6 Å². The minimum absolute atomic E-state index is 0.0440. The molecule has 1 aromatic carbocycles. The first-order chi connectivity index (χ1) is 8.45. The highest BCUT2D eigenvalue weighted by Gasteiger charge is 2.16. The number of hydrogen-bond donors (Lipinski definition) is 0. The van der Waals surface area contributed by atoms with Gasteiger partial charge in [-0.25, -0.2) is 0 Å². The van der Waals surface area contributed by atoms with Gasteiger partial charge in [0.15, 0.2) is 0 Å². The van der Waals surface area contributed by atoms with Crippen molar-refractivity contribution in [2.75, 3.05) is 27.3 Å². The van der Waals surface area contributed by atoms with Gasteiger partial charge in [-0.3, -0.25) is 4.79 Å². The average Bonchev–Trinajstić information content (AvgIpc) is 2.32. The Kier molecular flexibility index (Phi) is 6.12. The van der Waals surface area contributed by atoms with Crippen LogP contribution in [-0.2, 0) is 4.74 Å². The lowest BCUT2D eigenvalue weighted by molar-refractivity contribution is 0.0781. The number of aryl methyl sites for hydroxylation is 1. The Morgan fingerprint density at radius 3 is 2.78 bits per heavy atom. The fourth-order valence-corrected chi connectivity index (χ4v) is 2.27. The molecule has 100 valence electrons. The monoisotopic (exact) mass is 333 g/mol. The summed E-state index contributed by atoms with van der Waals surface area (Å²) in [6, 6.07) is 5.56. The number of rotatable bonds is 5. The number of carbonyl (C=O) groups excluding carboxylic acids is 1. The predicted molar refractivity (Wildman–Crippen MR) is 77.4 cm³/mol. The van der Waals surface area contributed by atoms with Crippen molar-refractivity contribution in [1.82, 2.24) is 4.90 Å². The van der Waals surface area contributed by atoms with Gasteiger partial charge in [0.05, 0.1) is 12.0 Å². The highest BCUT2D eigenvalue weighted by molar-refractivity contribution is 9.10. The van der Waals surface area contributed by atoms with Gasteiger partial charge in [0.2, 0.25) is 0 Å². The van der Waals surface area contributed by atoms with Gasteiger partial charge in [-0.2, -0.15) is 0 Å². The molecule has 0 aliphatic heterocycles. The number of halogens is 2. The molecule has 0 saturated carbocycles. The quantitative estimate of drug-likeness (QED) is 0.775. The zero-order chi connectivity index (χ0) is 13.7. The topological polar surface area (TPSA) is 29.5 Å². The first-order valence-electron chi connectivity index (χ1n) is 5.60. The molecule has 0 N–H and O–H groups in total. The molecule has 1 unspecified atom stereocenters. The molecule has 0 fully saturated rings. The molecule has 0 aromatic heterocycles. The molecule has 0 aliphatic carbocycles. The molecule has 1 amide bonds. The zero-order valence-electron chi connectivity index (χ0n) is 10.7. The van der Waals surface area contributed by atoms with E-state index in [4.69, 9.17) is 16.3 Å². The number of ether oxygens (including phenoxy) is 1. The van der Waals surface area contributed by atoms with E-state index >= 15 is 0 Å². The van der Waals surface area contributed by atoms with Crippen molar-refractivity contribution in [3.05, 3.63) is 33.8 Å². The van der Waals surface area contributed by atoms with Gasteiger partial charge in [0.1, 0.15) is 0 Å². The summed E-state index contributed by atoms with van der Waals surface area (Å²) in [6.07, 6.45) is 0. The Bertz CT molecular complexity index is 425. The van der Waals surface area contributed by atoms with E-state index in [9.17, 15) is 4.79 Å². The Balaban J connectivity index is 2.71. The second-order valence-corrected chi connectivity index (χ2v) is 5.67. The van der Waals surface area contributed by atoms with Gasteiger partial charge in [0.25, 0.3) is 5.91 Å². The maximum absolute atomic E-state index is 12.2. The molecule has 0 radical (unpaired) electrons. The van der Waals surface area contributed by atoms with E-state index in [1.165, 1.54) is 0 Å². The first-order valence-corrected chi connectivity index (χ1v) is 6.83. The normalized spacial score (nSPS) is 12.3. The van der Waals surface area contributed by atoms with Crippen LogP contribution < -0.4 is 0 Å². The van der Waals surface area contributed by atoms with E-state index in [0.29, 0.717) is 18.7 Å². The molecular weight excluding hydrogens is 318 g/mol. The molecule has 18 heavy (non-hydrogen) atoms. The van der Waals surface area contributed by atoms with Crippen molar-refractivity contribution in [3.8, 4) is 0 Å². The van der Waals surface area contributed by atoms with Gasteiger partial charge in [-0.1, -0.05) is 22.0 Å². The predicted octanol–water partition coefficient (Wildman–Crippen LogP) is 3.08. The summed E-state index contributed by atoms with van der Waals surface area (Å²) < 4.78 is 5.88. The fourth-order valence-electron chi connectivity index (χ4n) is 1.56. The van der Waals surface area contributed by atoms with E-state index in [0.717, 1.165) is 10.0 Å². The standard InChI is InChI=1S/C13H17BrClNO2/c1-9-4-5-10(6-12(9)14)13(17)16(2)7-11(15)8-18-3/h4-6,11H,7-8H2,1-3H3. The molecule has 3 nitrogen and oxygen atoms in total. The van der Waals surface area contributed by atoms with E-state index in [-0.39, 0.29) is 11.3 Å². The van der Waals surface area contributed by atoms with E-state index in [1.54, 1.807) is 19.1 Å². The van der Waals surface area contributed by atoms with Crippen LogP contribution in [0.15, 0.2) is 22.7 Å². The summed E-state index contributed by atoms with van der Waals surface area (Å²) in [4.78, 5) is 13.8. The zero-order valence-corrected chi connectivity index (χ0v) is 13.1. The second-order valence-electron chi connectivity index (χ2n) is 4.20. The number of benzene rings is 1. The van der Waals surface area contributed by atoms with Gasteiger partial charge in [-0.05, 0) is 24.6 Å². The molecular formula is C13H17BrClNO2. The highest BCUT2D eigenvalue weighted by Crippen LogP contribution is 2.18. The van der Waals surface area contributed by atoms with Crippen LogP contribution in [0, 0.1) is 6.92 Å². The Hall–Kier alpha value is -0.580. The summed E-state index contributed by atoms with van der Waals surface area (Å²) in [5.74, 6) is -0.0440. The molecule has 0 spiro atoms. The van der Waals surface area contributed by atoms with Crippen LogP contribution in [0.3, 0.4) is 0 Å². The maximum atomic E-state index is 12.2. The number of nitrogens with zero attached hydrogens (tertiary/aromatic N) is 1. The third-order valence-corrected chi connectivity index (χ3v) is 3.70. The van der Waals surface area contributed by atoms with Crippen LogP contribution in [0.2, 0.25) is 0 Å². The number of amides is 1. The minimum Gasteiger partial charge on any atom is -0.383 e. The van der Waals surface area contributed by atoms with Gasteiger partial charge in [0, 0.05) is 30.7 Å². The lowest BCUT2D eigenvalue weighted by Gasteiger charge is -2.20. The molecule has 0 heterocycles.